The molecule has 4 heteroatoms. The van der Waals surface area contributed by atoms with Crippen LogP contribution in [-0.4, -0.2) is 42.2 Å². The fourth-order valence-electron chi connectivity index (χ4n) is 3.14. The van der Waals surface area contributed by atoms with Gasteiger partial charge in [0.25, 0.3) is 0 Å². The number of carboxylic acids is 1. The van der Waals surface area contributed by atoms with Gasteiger partial charge in [0.2, 0.25) is 0 Å². The number of nitrogens with zero attached hydrogens (tertiary/aromatic N) is 1. The van der Waals surface area contributed by atoms with E-state index < -0.39 is 5.97 Å². The molecule has 1 aliphatic heterocycles. The van der Waals surface area contributed by atoms with Gasteiger partial charge in [-0.1, -0.05) is 12.1 Å². The van der Waals surface area contributed by atoms with Gasteiger partial charge in [-0.3, -0.25) is 4.79 Å². The van der Waals surface area contributed by atoms with Crippen LogP contribution in [0, 0.1) is 5.92 Å². The maximum Gasteiger partial charge on any atom is 0.303 e. The first-order chi connectivity index (χ1) is 10.1. The van der Waals surface area contributed by atoms with E-state index in [0.717, 1.165) is 38.1 Å². The van der Waals surface area contributed by atoms with E-state index in [1.165, 1.54) is 5.56 Å². The Balaban J connectivity index is 1.89. The van der Waals surface area contributed by atoms with Crippen LogP contribution in [-0.2, 0) is 11.2 Å². The predicted octanol–water partition coefficient (Wildman–Crippen LogP) is 2.81. The molecule has 1 N–H and O–H groups in total. The van der Waals surface area contributed by atoms with Gasteiger partial charge < -0.3 is 14.7 Å². The molecule has 1 aliphatic rings. The highest BCUT2D eigenvalue weighted by Gasteiger charge is 2.25. The minimum atomic E-state index is -0.676. The largest absolute Gasteiger partial charge is 0.497 e. The number of hydrogen-bond donors (Lipinski definition) is 1. The molecule has 1 aromatic rings. The maximum absolute atomic E-state index is 10.9. The molecule has 0 spiro atoms. The number of likely N-dealkylation sites (tertiary alicyclic amines) is 1. The molecule has 0 radical (unpaired) electrons. The van der Waals surface area contributed by atoms with Gasteiger partial charge in [-0.15, -0.1) is 0 Å². The Hall–Kier alpha value is -1.55. The standard InChI is InChI=1S/C17H25NO3/c1-13(10-14-5-7-16(21-2)8-6-14)18-9-3-4-15(12-18)11-17(19)20/h5-8,13,15H,3-4,9-12H2,1-2H3,(H,19,20). The van der Waals surface area contributed by atoms with Crippen molar-refractivity contribution >= 4 is 5.97 Å². The van der Waals surface area contributed by atoms with Gasteiger partial charge in [0.05, 0.1) is 7.11 Å². The minimum absolute atomic E-state index is 0.297. The third-order valence-electron chi connectivity index (χ3n) is 4.33. The highest BCUT2D eigenvalue weighted by Crippen LogP contribution is 2.23. The van der Waals surface area contributed by atoms with Gasteiger partial charge in [-0.05, 0) is 56.3 Å². The van der Waals surface area contributed by atoms with Crippen molar-refractivity contribution in [3.63, 3.8) is 0 Å². The Morgan fingerprint density at radius 1 is 1.43 bits per heavy atom. The molecule has 1 fully saturated rings. The second-order valence-corrected chi connectivity index (χ2v) is 6.00. The molecule has 0 saturated carbocycles. The zero-order valence-electron chi connectivity index (χ0n) is 12.9. The van der Waals surface area contributed by atoms with E-state index in [0.29, 0.717) is 18.4 Å². The summed E-state index contributed by atoms with van der Waals surface area (Å²) >= 11 is 0. The zero-order valence-corrected chi connectivity index (χ0v) is 12.9. The Labute approximate surface area is 126 Å². The number of methoxy groups -OCH3 is 1. The number of benzene rings is 1. The van der Waals surface area contributed by atoms with Crippen molar-refractivity contribution in [3.05, 3.63) is 29.8 Å². The van der Waals surface area contributed by atoms with Crippen LogP contribution in [0.1, 0.15) is 31.7 Å². The lowest BCUT2D eigenvalue weighted by atomic mass is 9.93. The van der Waals surface area contributed by atoms with Crippen LogP contribution in [0.15, 0.2) is 24.3 Å². The number of hydrogen-bond acceptors (Lipinski definition) is 3. The molecular weight excluding hydrogens is 266 g/mol. The van der Waals surface area contributed by atoms with Crippen molar-refractivity contribution in [1.82, 2.24) is 4.90 Å². The number of carboxylic acid groups (broad SMARTS) is 1. The molecule has 1 saturated heterocycles. The molecule has 1 heterocycles. The lowest BCUT2D eigenvalue weighted by Crippen LogP contribution is -2.42. The fraction of sp³-hybridized carbons (Fsp3) is 0.588. The normalized spacial score (nSPS) is 21.0. The molecule has 0 amide bonds. The van der Waals surface area contributed by atoms with E-state index in [2.05, 4.69) is 24.0 Å². The summed E-state index contributed by atoms with van der Waals surface area (Å²) in [6, 6.07) is 8.63. The van der Waals surface area contributed by atoms with Crippen molar-refractivity contribution in [1.29, 1.82) is 0 Å². The molecule has 0 bridgehead atoms. The highest BCUT2D eigenvalue weighted by molar-refractivity contribution is 5.67. The Morgan fingerprint density at radius 3 is 2.76 bits per heavy atom. The maximum atomic E-state index is 10.9. The molecule has 4 nitrogen and oxygen atoms in total. The van der Waals surface area contributed by atoms with Gasteiger partial charge >= 0.3 is 5.97 Å². The van der Waals surface area contributed by atoms with E-state index in [9.17, 15) is 4.79 Å². The third kappa shape index (κ3) is 4.74. The van der Waals surface area contributed by atoms with E-state index in [1.807, 2.05) is 12.1 Å². The fourth-order valence-corrected chi connectivity index (χ4v) is 3.14. The van der Waals surface area contributed by atoms with Crippen molar-refractivity contribution < 1.29 is 14.6 Å². The molecular formula is C17H25NO3. The van der Waals surface area contributed by atoms with Crippen LogP contribution in [0.2, 0.25) is 0 Å². The van der Waals surface area contributed by atoms with Crippen LogP contribution >= 0.6 is 0 Å². The van der Waals surface area contributed by atoms with Crippen molar-refractivity contribution in [3.8, 4) is 5.75 Å². The number of piperidine rings is 1. The number of carbonyl (C=O) groups is 1. The highest BCUT2D eigenvalue weighted by atomic mass is 16.5. The first-order valence-electron chi connectivity index (χ1n) is 7.67. The Kier molecular flexibility index (Phi) is 5.62. The topological polar surface area (TPSA) is 49.8 Å². The predicted molar refractivity (Wildman–Crippen MR) is 82.7 cm³/mol. The summed E-state index contributed by atoms with van der Waals surface area (Å²) in [5, 5.41) is 8.94. The van der Waals surface area contributed by atoms with Gasteiger partial charge in [0.1, 0.15) is 5.75 Å². The summed E-state index contributed by atoms with van der Waals surface area (Å²) in [4.78, 5) is 13.3. The monoisotopic (exact) mass is 291 g/mol. The summed E-state index contributed by atoms with van der Waals surface area (Å²) in [5.74, 6) is 0.505. The Bertz CT molecular complexity index is 458. The van der Waals surface area contributed by atoms with Gasteiger partial charge in [0, 0.05) is 19.0 Å². The third-order valence-corrected chi connectivity index (χ3v) is 4.33. The molecule has 2 atom stereocenters. The molecule has 0 aromatic heterocycles. The van der Waals surface area contributed by atoms with Gasteiger partial charge in [-0.2, -0.15) is 0 Å². The smallest absolute Gasteiger partial charge is 0.303 e. The Morgan fingerprint density at radius 2 is 2.14 bits per heavy atom. The summed E-state index contributed by atoms with van der Waals surface area (Å²) in [7, 11) is 1.67. The lowest BCUT2D eigenvalue weighted by molar-refractivity contribution is -0.138. The summed E-state index contributed by atoms with van der Waals surface area (Å²) in [5.41, 5.74) is 1.30. The number of ether oxygens (including phenoxy) is 1. The molecule has 2 rings (SSSR count). The molecule has 2 unspecified atom stereocenters. The average Bonchev–Trinajstić information content (AvgIpc) is 2.47. The first kappa shape index (κ1) is 15.8. The first-order valence-corrected chi connectivity index (χ1v) is 7.67. The average molecular weight is 291 g/mol. The number of aliphatic carboxylic acids is 1. The van der Waals surface area contributed by atoms with Gasteiger partial charge in [0.15, 0.2) is 0 Å². The number of rotatable bonds is 6. The second kappa shape index (κ2) is 7.46. The molecule has 1 aromatic carbocycles. The minimum Gasteiger partial charge on any atom is -0.497 e. The summed E-state index contributed by atoms with van der Waals surface area (Å²) in [6.45, 7) is 4.21. The SMILES string of the molecule is COc1ccc(CC(C)N2CCCC(CC(=O)O)C2)cc1. The van der Waals surface area contributed by atoms with E-state index >= 15 is 0 Å². The lowest BCUT2D eigenvalue weighted by Gasteiger charge is -2.36. The van der Waals surface area contributed by atoms with Gasteiger partial charge in [-0.25, -0.2) is 0 Å². The summed E-state index contributed by atoms with van der Waals surface area (Å²) < 4.78 is 5.18. The molecule has 116 valence electrons. The quantitative estimate of drug-likeness (QED) is 0.875. The van der Waals surface area contributed by atoms with Crippen LogP contribution in [0.5, 0.6) is 5.75 Å². The van der Waals surface area contributed by atoms with Crippen LogP contribution in [0.3, 0.4) is 0 Å². The van der Waals surface area contributed by atoms with E-state index in [4.69, 9.17) is 9.84 Å². The van der Waals surface area contributed by atoms with E-state index in [1.54, 1.807) is 7.11 Å². The van der Waals surface area contributed by atoms with Crippen LogP contribution < -0.4 is 4.74 Å². The van der Waals surface area contributed by atoms with Crippen molar-refractivity contribution in [2.24, 2.45) is 5.92 Å². The van der Waals surface area contributed by atoms with Crippen LogP contribution in [0.25, 0.3) is 0 Å². The second-order valence-electron chi connectivity index (χ2n) is 6.00. The molecule has 21 heavy (non-hydrogen) atoms. The van der Waals surface area contributed by atoms with E-state index in [-0.39, 0.29) is 0 Å². The summed E-state index contributed by atoms with van der Waals surface area (Å²) in [6.07, 6.45) is 3.43. The van der Waals surface area contributed by atoms with Crippen LogP contribution in [0.4, 0.5) is 0 Å². The zero-order chi connectivity index (χ0) is 15.2. The van der Waals surface area contributed by atoms with Crippen molar-refractivity contribution in [2.45, 2.75) is 38.6 Å². The molecule has 0 aliphatic carbocycles. The van der Waals surface area contributed by atoms with Crippen molar-refractivity contribution in [2.75, 3.05) is 20.2 Å².